The zero-order valence-corrected chi connectivity index (χ0v) is 11.4. The largest absolute Gasteiger partial charge is 0.388 e. The van der Waals surface area contributed by atoms with Gasteiger partial charge in [0.2, 0.25) is 0 Å². The Hall–Kier alpha value is -1.23. The van der Waals surface area contributed by atoms with Crippen LogP contribution in [0.25, 0.3) is 0 Å². The molecule has 0 bridgehead atoms. The number of nitrogens with two attached hydrogens (primary N) is 1. The van der Waals surface area contributed by atoms with Crippen molar-refractivity contribution in [2.75, 3.05) is 6.54 Å². The third-order valence-corrected chi connectivity index (χ3v) is 3.45. The molecule has 0 saturated heterocycles. The van der Waals surface area contributed by atoms with Crippen LogP contribution < -0.4 is 5.73 Å². The fourth-order valence-corrected chi connectivity index (χ4v) is 2.40. The highest BCUT2D eigenvalue weighted by Crippen LogP contribution is 2.30. The Morgan fingerprint density at radius 3 is 2.50 bits per heavy atom. The molecule has 0 spiro atoms. The molecule has 0 aliphatic rings. The number of pyridine rings is 1. The zero-order chi connectivity index (χ0) is 13.0. The van der Waals surface area contributed by atoms with Crippen molar-refractivity contribution in [2.24, 2.45) is 5.73 Å². The summed E-state index contributed by atoms with van der Waals surface area (Å²) in [5, 5.41) is 10.4. The number of benzene rings is 1. The molecule has 0 aliphatic heterocycles. The summed E-state index contributed by atoms with van der Waals surface area (Å²) >= 11 is 3.41. The summed E-state index contributed by atoms with van der Waals surface area (Å²) in [5.41, 5.74) is 7.65. The van der Waals surface area contributed by atoms with E-state index in [4.69, 9.17) is 5.73 Å². The molecule has 2 aromatic rings. The lowest BCUT2D eigenvalue weighted by Gasteiger charge is -2.22. The molecule has 1 aromatic carbocycles. The van der Waals surface area contributed by atoms with Gasteiger partial charge in [0.25, 0.3) is 0 Å². The highest BCUT2D eigenvalue weighted by molar-refractivity contribution is 9.10. The molecule has 0 fully saturated rings. The Morgan fingerprint density at radius 2 is 1.89 bits per heavy atom. The van der Waals surface area contributed by atoms with Gasteiger partial charge in [-0.2, -0.15) is 0 Å². The second-order valence-electron chi connectivity index (χ2n) is 4.12. The highest BCUT2D eigenvalue weighted by Gasteiger charge is 2.21. The first-order chi connectivity index (χ1) is 8.72. The lowest BCUT2D eigenvalue weighted by Crippen LogP contribution is -2.20. The maximum atomic E-state index is 10.4. The maximum Gasteiger partial charge on any atom is 0.0871 e. The summed E-state index contributed by atoms with van der Waals surface area (Å²) in [6.45, 7) is 0.387. The number of hydrogen-bond donors (Lipinski definition) is 2. The van der Waals surface area contributed by atoms with Crippen LogP contribution >= 0.6 is 15.9 Å². The van der Waals surface area contributed by atoms with E-state index in [-0.39, 0.29) is 5.92 Å². The van der Waals surface area contributed by atoms with Crippen molar-refractivity contribution < 1.29 is 5.11 Å². The molecule has 0 aliphatic carbocycles. The zero-order valence-electron chi connectivity index (χ0n) is 9.83. The average molecular weight is 307 g/mol. The van der Waals surface area contributed by atoms with Crippen LogP contribution in [0.4, 0.5) is 0 Å². The minimum absolute atomic E-state index is 0.123. The van der Waals surface area contributed by atoms with E-state index in [1.807, 2.05) is 36.4 Å². The number of aliphatic hydroxyl groups excluding tert-OH is 1. The van der Waals surface area contributed by atoms with Crippen LogP contribution in [0.2, 0.25) is 0 Å². The van der Waals surface area contributed by atoms with E-state index >= 15 is 0 Å². The van der Waals surface area contributed by atoms with Gasteiger partial charge in [-0.15, -0.1) is 0 Å². The number of aliphatic hydroxyl groups is 1. The SMILES string of the molecule is NCC(c1ccncc1)C(O)c1cccc(Br)c1. The summed E-state index contributed by atoms with van der Waals surface area (Å²) in [7, 11) is 0. The van der Waals surface area contributed by atoms with Gasteiger partial charge < -0.3 is 10.8 Å². The fourth-order valence-electron chi connectivity index (χ4n) is 1.98. The molecule has 2 atom stereocenters. The van der Waals surface area contributed by atoms with Crippen LogP contribution in [0.15, 0.2) is 53.3 Å². The minimum atomic E-state index is -0.616. The van der Waals surface area contributed by atoms with Gasteiger partial charge >= 0.3 is 0 Å². The molecule has 0 saturated carbocycles. The van der Waals surface area contributed by atoms with Gasteiger partial charge in [-0.05, 0) is 35.4 Å². The van der Waals surface area contributed by atoms with Crippen LogP contribution in [-0.2, 0) is 0 Å². The molecule has 3 nitrogen and oxygen atoms in total. The molecule has 18 heavy (non-hydrogen) atoms. The predicted molar refractivity (Wildman–Crippen MR) is 75.1 cm³/mol. The molecule has 2 rings (SSSR count). The third-order valence-electron chi connectivity index (χ3n) is 2.96. The summed E-state index contributed by atoms with van der Waals surface area (Å²) in [6.07, 6.45) is 2.81. The molecule has 3 N–H and O–H groups in total. The Balaban J connectivity index is 2.28. The van der Waals surface area contributed by atoms with Gasteiger partial charge in [0.05, 0.1) is 6.10 Å². The Labute approximate surface area is 115 Å². The lowest BCUT2D eigenvalue weighted by atomic mass is 9.90. The van der Waals surface area contributed by atoms with E-state index in [9.17, 15) is 5.11 Å². The topological polar surface area (TPSA) is 59.1 Å². The highest BCUT2D eigenvalue weighted by atomic mass is 79.9. The number of hydrogen-bond acceptors (Lipinski definition) is 3. The monoisotopic (exact) mass is 306 g/mol. The first kappa shape index (κ1) is 13.2. The van der Waals surface area contributed by atoms with E-state index in [2.05, 4.69) is 20.9 Å². The van der Waals surface area contributed by atoms with Crippen LogP contribution in [0, 0.1) is 0 Å². The van der Waals surface area contributed by atoms with E-state index in [1.165, 1.54) is 0 Å². The normalized spacial score (nSPS) is 14.2. The number of aromatic nitrogens is 1. The van der Waals surface area contributed by atoms with Gasteiger partial charge in [0, 0.05) is 29.3 Å². The van der Waals surface area contributed by atoms with Crippen molar-refractivity contribution in [3.8, 4) is 0 Å². The van der Waals surface area contributed by atoms with Gasteiger partial charge in [-0.3, -0.25) is 4.98 Å². The Kier molecular flexibility index (Phi) is 4.47. The van der Waals surface area contributed by atoms with Crippen LogP contribution in [0.1, 0.15) is 23.1 Å². The molecule has 94 valence electrons. The van der Waals surface area contributed by atoms with Gasteiger partial charge in [-0.25, -0.2) is 0 Å². The van der Waals surface area contributed by atoms with Crippen molar-refractivity contribution in [2.45, 2.75) is 12.0 Å². The molecule has 4 heteroatoms. The summed E-state index contributed by atoms with van der Waals surface area (Å²) in [5.74, 6) is -0.123. The standard InChI is InChI=1S/C14H15BrN2O/c15-12-3-1-2-11(8-12)14(18)13(9-16)10-4-6-17-7-5-10/h1-8,13-14,18H,9,16H2. The second kappa shape index (κ2) is 6.09. The molecule has 0 amide bonds. The molecule has 0 radical (unpaired) electrons. The van der Waals surface area contributed by atoms with E-state index in [0.717, 1.165) is 15.6 Å². The van der Waals surface area contributed by atoms with Crippen LogP contribution in [0.3, 0.4) is 0 Å². The molecular weight excluding hydrogens is 292 g/mol. The van der Waals surface area contributed by atoms with E-state index in [1.54, 1.807) is 12.4 Å². The van der Waals surface area contributed by atoms with Crippen molar-refractivity contribution in [1.29, 1.82) is 0 Å². The minimum Gasteiger partial charge on any atom is -0.388 e. The number of halogens is 1. The van der Waals surface area contributed by atoms with Gasteiger partial charge in [-0.1, -0.05) is 28.1 Å². The molecule has 1 aromatic heterocycles. The van der Waals surface area contributed by atoms with Gasteiger partial charge in [0.1, 0.15) is 0 Å². The van der Waals surface area contributed by atoms with Crippen LogP contribution in [-0.4, -0.2) is 16.6 Å². The van der Waals surface area contributed by atoms with Crippen molar-refractivity contribution >= 4 is 15.9 Å². The van der Waals surface area contributed by atoms with Crippen molar-refractivity contribution in [1.82, 2.24) is 4.98 Å². The Bertz CT molecular complexity index is 504. The summed E-state index contributed by atoms with van der Waals surface area (Å²) in [4.78, 5) is 3.98. The second-order valence-corrected chi connectivity index (χ2v) is 5.04. The molecule has 2 unspecified atom stereocenters. The number of nitrogens with zero attached hydrogens (tertiary/aromatic N) is 1. The first-order valence-corrected chi connectivity index (χ1v) is 6.55. The van der Waals surface area contributed by atoms with E-state index < -0.39 is 6.10 Å². The first-order valence-electron chi connectivity index (χ1n) is 5.76. The van der Waals surface area contributed by atoms with Gasteiger partial charge in [0.15, 0.2) is 0 Å². The van der Waals surface area contributed by atoms with Crippen LogP contribution in [0.5, 0.6) is 0 Å². The maximum absolute atomic E-state index is 10.4. The fraction of sp³-hybridized carbons (Fsp3) is 0.214. The number of rotatable bonds is 4. The third kappa shape index (κ3) is 2.96. The molecular formula is C14H15BrN2O. The molecule has 1 heterocycles. The quantitative estimate of drug-likeness (QED) is 0.913. The Morgan fingerprint density at radius 1 is 1.17 bits per heavy atom. The van der Waals surface area contributed by atoms with E-state index in [0.29, 0.717) is 6.54 Å². The summed E-state index contributed by atoms with van der Waals surface area (Å²) in [6, 6.07) is 11.4. The van der Waals surface area contributed by atoms with Crippen molar-refractivity contribution in [3.63, 3.8) is 0 Å². The predicted octanol–water partition coefficient (Wildman–Crippen LogP) is 2.62. The van der Waals surface area contributed by atoms with Crippen molar-refractivity contribution in [3.05, 3.63) is 64.4 Å². The average Bonchev–Trinajstić information content (AvgIpc) is 2.41. The smallest absolute Gasteiger partial charge is 0.0871 e. The summed E-state index contributed by atoms with van der Waals surface area (Å²) < 4.78 is 0.949. The lowest BCUT2D eigenvalue weighted by molar-refractivity contribution is 0.147.